The number of aliphatic hydroxyl groups is 2. The van der Waals surface area contributed by atoms with Gasteiger partial charge in [0.25, 0.3) is 0 Å². The number of nitrogen functional groups attached to an aromatic ring is 1. The van der Waals surface area contributed by atoms with Crippen molar-refractivity contribution < 1.29 is 14.9 Å². The second-order valence-electron chi connectivity index (χ2n) is 7.74. The van der Waals surface area contributed by atoms with E-state index in [0.717, 1.165) is 46.9 Å². The van der Waals surface area contributed by atoms with Gasteiger partial charge in [-0.25, -0.2) is 14.6 Å². The second-order valence-corrected chi connectivity index (χ2v) is 8.53. The smallest absolute Gasteiger partial charge is 0.164 e. The number of benzene rings is 2. The maximum atomic E-state index is 9.12. The van der Waals surface area contributed by atoms with Gasteiger partial charge in [0.05, 0.1) is 24.6 Å². The van der Waals surface area contributed by atoms with Gasteiger partial charge in [-0.3, -0.25) is 4.90 Å². The van der Waals surface area contributed by atoms with Crippen LogP contribution in [0.3, 0.4) is 0 Å². The van der Waals surface area contributed by atoms with E-state index >= 15 is 0 Å². The maximum Gasteiger partial charge on any atom is 0.164 e. The summed E-state index contributed by atoms with van der Waals surface area (Å²) in [5.41, 5.74) is 8.62. The fraction of sp³-hybridized carbons (Fsp3) is 0.292. The van der Waals surface area contributed by atoms with E-state index in [-0.39, 0.29) is 19.3 Å². The number of fused-ring (bicyclic) bond motifs is 1. The van der Waals surface area contributed by atoms with Crippen molar-refractivity contribution in [3.63, 3.8) is 0 Å². The Hall–Kier alpha value is -3.05. The highest BCUT2D eigenvalue weighted by Crippen LogP contribution is 2.34. The quantitative estimate of drug-likeness (QED) is 0.314. The molecule has 1 saturated heterocycles. The van der Waals surface area contributed by atoms with Crippen molar-refractivity contribution in [3.8, 4) is 22.8 Å². The van der Waals surface area contributed by atoms with Crippen LogP contribution in [-0.2, 0) is 0 Å². The molecule has 34 heavy (non-hydrogen) atoms. The molecule has 0 aliphatic carbocycles. The molecular weight excluding hydrogens is 500 g/mol. The highest BCUT2D eigenvalue weighted by molar-refractivity contribution is 9.09. The van der Waals surface area contributed by atoms with Crippen LogP contribution >= 0.6 is 15.9 Å². The molecule has 9 nitrogen and oxygen atoms in total. The van der Waals surface area contributed by atoms with Crippen molar-refractivity contribution >= 4 is 32.8 Å². The summed E-state index contributed by atoms with van der Waals surface area (Å²) < 4.78 is 7.82. The monoisotopic (exact) mass is 526 g/mol. The molecular formula is C24H27BrN6O3. The third-order valence-electron chi connectivity index (χ3n) is 5.41. The molecule has 10 heteroatoms. The molecule has 0 bridgehead atoms. The van der Waals surface area contributed by atoms with Gasteiger partial charge in [0, 0.05) is 30.5 Å². The molecule has 1 aliphatic rings. The van der Waals surface area contributed by atoms with Crippen molar-refractivity contribution in [1.82, 2.24) is 24.6 Å². The molecule has 2 aromatic carbocycles. The zero-order valence-corrected chi connectivity index (χ0v) is 20.2. The SMILES string of the molecule is Nc1ncnc2c1c(-c1ccc(Oc3ccccc3)cc1)nn2C1CN(CCO)C1.OCCBr. The average Bonchev–Trinajstić information content (AvgIpc) is 3.23. The Morgan fingerprint density at radius 3 is 2.29 bits per heavy atom. The summed E-state index contributed by atoms with van der Waals surface area (Å²) in [6.45, 7) is 2.71. The molecule has 0 amide bonds. The predicted molar refractivity (Wildman–Crippen MR) is 135 cm³/mol. The normalized spacial score (nSPS) is 13.9. The predicted octanol–water partition coefficient (Wildman–Crippen LogP) is 3.09. The van der Waals surface area contributed by atoms with Gasteiger partial charge >= 0.3 is 0 Å². The maximum absolute atomic E-state index is 9.12. The Kier molecular flexibility index (Phi) is 8.07. The van der Waals surface area contributed by atoms with Gasteiger partial charge in [0.1, 0.15) is 29.3 Å². The summed E-state index contributed by atoms with van der Waals surface area (Å²) in [6.07, 6.45) is 1.47. The Labute approximate surface area is 205 Å². The molecule has 0 spiro atoms. The number of para-hydroxylation sites is 1. The van der Waals surface area contributed by atoms with Crippen LogP contribution in [0.4, 0.5) is 5.82 Å². The number of nitrogens with zero attached hydrogens (tertiary/aromatic N) is 5. The third kappa shape index (κ3) is 5.36. The molecule has 1 fully saturated rings. The van der Waals surface area contributed by atoms with Crippen LogP contribution in [0.25, 0.3) is 22.3 Å². The topological polar surface area (TPSA) is 123 Å². The summed E-state index contributed by atoms with van der Waals surface area (Å²) in [5, 5.41) is 23.3. The van der Waals surface area contributed by atoms with Crippen LogP contribution < -0.4 is 10.5 Å². The molecule has 1 aliphatic heterocycles. The lowest BCUT2D eigenvalue weighted by atomic mass is 10.1. The number of halogens is 1. The highest BCUT2D eigenvalue weighted by atomic mass is 79.9. The lowest BCUT2D eigenvalue weighted by molar-refractivity contribution is 0.0796. The lowest BCUT2D eigenvalue weighted by Gasteiger charge is -2.38. The van der Waals surface area contributed by atoms with Gasteiger partial charge in [0.2, 0.25) is 0 Å². The van der Waals surface area contributed by atoms with E-state index in [1.807, 2.05) is 59.3 Å². The molecule has 2 aromatic heterocycles. The largest absolute Gasteiger partial charge is 0.457 e. The summed E-state index contributed by atoms with van der Waals surface area (Å²) in [4.78, 5) is 10.8. The summed E-state index contributed by atoms with van der Waals surface area (Å²) in [5.74, 6) is 1.95. The molecule has 0 atom stereocenters. The molecule has 0 saturated carbocycles. The number of likely N-dealkylation sites (tertiary alicyclic amines) is 1. The summed E-state index contributed by atoms with van der Waals surface area (Å²) >= 11 is 3.00. The molecule has 4 N–H and O–H groups in total. The first kappa shape index (κ1) is 24.1. The van der Waals surface area contributed by atoms with Crippen LogP contribution in [0, 0.1) is 0 Å². The van der Waals surface area contributed by atoms with E-state index in [1.165, 1.54) is 6.33 Å². The number of aliphatic hydroxyl groups excluding tert-OH is 2. The minimum atomic E-state index is 0.157. The van der Waals surface area contributed by atoms with E-state index in [0.29, 0.717) is 17.7 Å². The average molecular weight is 527 g/mol. The zero-order valence-electron chi connectivity index (χ0n) is 18.6. The standard InChI is InChI=1S/C22H22N6O2.C2H5BrO/c23-21-19-20(15-6-8-18(9-7-15)30-17-4-2-1-3-5-17)26-28(22(19)25-14-24-21)16-12-27(13-16)10-11-29;3-1-2-4/h1-9,14,16,29H,10-13H2,(H2,23,24,25);4H,1-2H2. The van der Waals surface area contributed by atoms with Gasteiger partial charge in [-0.1, -0.05) is 34.1 Å². The Morgan fingerprint density at radius 2 is 1.65 bits per heavy atom. The highest BCUT2D eigenvalue weighted by Gasteiger charge is 2.31. The fourth-order valence-electron chi connectivity index (χ4n) is 3.78. The van der Waals surface area contributed by atoms with Gasteiger partial charge < -0.3 is 20.7 Å². The molecule has 5 rings (SSSR count). The fourth-order valence-corrected chi connectivity index (χ4v) is 3.78. The number of alkyl halides is 1. The molecule has 178 valence electrons. The Bertz CT molecular complexity index is 1190. The Morgan fingerprint density at radius 1 is 0.971 bits per heavy atom. The van der Waals surface area contributed by atoms with Crippen molar-refractivity contribution in [2.75, 3.05) is 43.9 Å². The summed E-state index contributed by atoms with van der Waals surface area (Å²) in [6, 6.07) is 17.6. The van der Waals surface area contributed by atoms with E-state index in [1.54, 1.807) is 0 Å². The number of hydrogen-bond donors (Lipinski definition) is 3. The number of β-amino-alcohol motifs (C(OH)–C–C–N with tert-alkyl or cyclic N) is 1. The van der Waals surface area contributed by atoms with Crippen LogP contribution in [0.5, 0.6) is 11.5 Å². The number of ether oxygens (including phenoxy) is 1. The zero-order chi connectivity index (χ0) is 23.9. The van der Waals surface area contributed by atoms with Gasteiger partial charge in [0.15, 0.2) is 5.65 Å². The number of nitrogens with two attached hydrogens (primary N) is 1. The van der Waals surface area contributed by atoms with E-state index in [2.05, 4.69) is 30.8 Å². The van der Waals surface area contributed by atoms with E-state index in [4.69, 9.17) is 25.8 Å². The molecule has 3 heterocycles. The molecule has 0 radical (unpaired) electrons. The Balaban J connectivity index is 0.000000636. The van der Waals surface area contributed by atoms with Gasteiger partial charge in [-0.05, 0) is 36.4 Å². The minimum absolute atomic E-state index is 0.157. The number of aromatic nitrogens is 4. The van der Waals surface area contributed by atoms with Crippen molar-refractivity contribution in [2.24, 2.45) is 0 Å². The van der Waals surface area contributed by atoms with Crippen molar-refractivity contribution in [1.29, 1.82) is 0 Å². The first-order chi connectivity index (χ1) is 16.6. The number of rotatable bonds is 7. The van der Waals surface area contributed by atoms with Crippen molar-refractivity contribution in [3.05, 3.63) is 60.9 Å². The first-order valence-corrected chi connectivity index (χ1v) is 12.1. The number of hydrogen-bond acceptors (Lipinski definition) is 8. The third-order valence-corrected chi connectivity index (χ3v) is 5.76. The van der Waals surface area contributed by atoms with E-state index in [9.17, 15) is 0 Å². The molecule has 4 aromatic rings. The van der Waals surface area contributed by atoms with E-state index < -0.39 is 0 Å². The van der Waals surface area contributed by atoms with Crippen LogP contribution in [0.1, 0.15) is 6.04 Å². The number of anilines is 1. The molecule has 0 unspecified atom stereocenters. The lowest BCUT2D eigenvalue weighted by Crippen LogP contribution is -2.49. The summed E-state index contributed by atoms with van der Waals surface area (Å²) in [7, 11) is 0. The minimum Gasteiger partial charge on any atom is -0.457 e. The van der Waals surface area contributed by atoms with Crippen LogP contribution in [0.2, 0.25) is 0 Å². The first-order valence-electron chi connectivity index (χ1n) is 11.0. The van der Waals surface area contributed by atoms with Gasteiger partial charge in [-0.2, -0.15) is 5.10 Å². The second kappa shape index (κ2) is 11.4. The van der Waals surface area contributed by atoms with Crippen molar-refractivity contribution in [2.45, 2.75) is 6.04 Å². The van der Waals surface area contributed by atoms with Crippen LogP contribution in [0.15, 0.2) is 60.9 Å². The van der Waals surface area contributed by atoms with Crippen LogP contribution in [-0.4, -0.2) is 73.0 Å². The van der Waals surface area contributed by atoms with Gasteiger partial charge in [-0.15, -0.1) is 0 Å².